The summed E-state index contributed by atoms with van der Waals surface area (Å²) in [5.74, 6) is 0.638. The second kappa shape index (κ2) is 6.33. The molecule has 1 aliphatic rings. The van der Waals surface area contributed by atoms with Crippen LogP contribution in [0.1, 0.15) is 18.4 Å². The monoisotopic (exact) mass is 334 g/mol. The maximum absolute atomic E-state index is 11.8. The number of benzene rings is 3. The fourth-order valence-corrected chi connectivity index (χ4v) is 4.36. The van der Waals surface area contributed by atoms with E-state index in [-0.39, 0.29) is 5.97 Å². The Balaban J connectivity index is 1.60. The van der Waals surface area contributed by atoms with Crippen molar-refractivity contribution in [3.05, 3.63) is 78.4 Å². The summed E-state index contributed by atoms with van der Waals surface area (Å²) in [5, 5.41) is 2.48. The van der Waals surface area contributed by atoms with Crippen LogP contribution in [0.5, 0.6) is 0 Å². The van der Waals surface area contributed by atoms with Gasteiger partial charge in [-0.25, -0.2) is 0 Å². The summed E-state index contributed by atoms with van der Waals surface area (Å²) < 4.78 is 5.78. The summed E-state index contributed by atoms with van der Waals surface area (Å²) in [7, 11) is 0. The van der Waals surface area contributed by atoms with E-state index in [0.717, 1.165) is 17.7 Å². The highest BCUT2D eigenvalue weighted by Crippen LogP contribution is 2.41. The maximum Gasteiger partial charge on any atom is 0.306 e. The van der Waals surface area contributed by atoms with Crippen LogP contribution in [0.4, 0.5) is 0 Å². The molecule has 3 aromatic rings. The van der Waals surface area contributed by atoms with Crippen molar-refractivity contribution in [2.45, 2.75) is 23.3 Å². The Bertz CT molecular complexity index is 875. The normalized spacial score (nSPS) is 20.2. The number of carbonyl (C=O) groups is 1. The van der Waals surface area contributed by atoms with Gasteiger partial charge in [-0.05, 0) is 28.5 Å². The van der Waals surface area contributed by atoms with E-state index in [9.17, 15) is 4.79 Å². The van der Waals surface area contributed by atoms with Crippen LogP contribution < -0.4 is 0 Å². The Morgan fingerprint density at radius 3 is 2.42 bits per heavy atom. The third kappa shape index (κ3) is 2.92. The fourth-order valence-electron chi connectivity index (χ4n) is 3.21. The number of carbonyl (C=O) groups excluding carboxylic acids is 1. The first-order valence-corrected chi connectivity index (χ1v) is 9.13. The van der Waals surface area contributed by atoms with Crippen LogP contribution in [0.15, 0.2) is 77.7 Å². The molecule has 0 bridgehead atoms. The second-order valence-electron chi connectivity index (χ2n) is 6.13. The first-order valence-electron chi connectivity index (χ1n) is 8.14. The van der Waals surface area contributed by atoms with Crippen molar-refractivity contribution >= 4 is 28.5 Å². The zero-order valence-electron chi connectivity index (χ0n) is 13.3. The average molecular weight is 334 g/mol. The SMILES string of the molecule is O=C1CC[C@](CSc2ccc3ccccc3c2)(c2ccccc2)O1. The molecule has 0 unspecified atom stereocenters. The molecule has 120 valence electrons. The van der Waals surface area contributed by atoms with Crippen molar-refractivity contribution in [3.8, 4) is 0 Å². The Kier molecular flexibility index (Phi) is 4.03. The molecular formula is C21H18O2S. The fraction of sp³-hybridized carbons (Fsp3) is 0.190. The van der Waals surface area contributed by atoms with Gasteiger partial charge in [0.25, 0.3) is 0 Å². The van der Waals surface area contributed by atoms with E-state index in [0.29, 0.717) is 6.42 Å². The van der Waals surface area contributed by atoms with Gasteiger partial charge in [-0.15, -0.1) is 11.8 Å². The van der Waals surface area contributed by atoms with E-state index in [1.165, 1.54) is 15.7 Å². The van der Waals surface area contributed by atoms with E-state index in [2.05, 4.69) is 54.6 Å². The van der Waals surface area contributed by atoms with Gasteiger partial charge in [0.2, 0.25) is 0 Å². The summed E-state index contributed by atoms with van der Waals surface area (Å²) in [6.07, 6.45) is 1.24. The number of hydrogen-bond acceptors (Lipinski definition) is 3. The summed E-state index contributed by atoms with van der Waals surface area (Å²) >= 11 is 1.75. The van der Waals surface area contributed by atoms with Crippen LogP contribution in [-0.2, 0) is 15.1 Å². The lowest BCUT2D eigenvalue weighted by atomic mass is 9.93. The predicted molar refractivity (Wildman–Crippen MR) is 98.1 cm³/mol. The van der Waals surface area contributed by atoms with Crippen molar-refractivity contribution in [1.29, 1.82) is 0 Å². The molecule has 1 heterocycles. The molecule has 1 saturated heterocycles. The van der Waals surface area contributed by atoms with Crippen LogP contribution in [0.25, 0.3) is 10.8 Å². The Hall–Kier alpha value is -2.26. The van der Waals surface area contributed by atoms with E-state index >= 15 is 0 Å². The van der Waals surface area contributed by atoms with E-state index in [1.54, 1.807) is 11.8 Å². The van der Waals surface area contributed by atoms with Gasteiger partial charge in [0.1, 0.15) is 5.60 Å². The van der Waals surface area contributed by atoms with Crippen molar-refractivity contribution < 1.29 is 9.53 Å². The Morgan fingerprint density at radius 2 is 1.67 bits per heavy atom. The molecular weight excluding hydrogens is 316 g/mol. The molecule has 1 fully saturated rings. The molecule has 1 atom stereocenters. The van der Waals surface area contributed by atoms with Gasteiger partial charge in [0.05, 0.1) is 0 Å². The zero-order valence-corrected chi connectivity index (χ0v) is 14.1. The van der Waals surface area contributed by atoms with Gasteiger partial charge < -0.3 is 4.74 Å². The maximum atomic E-state index is 11.8. The van der Waals surface area contributed by atoms with Gasteiger partial charge in [-0.3, -0.25) is 4.79 Å². The highest BCUT2D eigenvalue weighted by atomic mass is 32.2. The minimum atomic E-state index is -0.505. The lowest BCUT2D eigenvalue weighted by Crippen LogP contribution is -2.28. The minimum Gasteiger partial charge on any atom is -0.453 e. The first-order chi connectivity index (χ1) is 11.8. The zero-order chi connectivity index (χ0) is 16.4. The molecule has 2 nitrogen and oxygen atoms in total. The number of hydrogen-bond donors (Lipinski definition) is 0. The smallest absolute Gasteiger partial charge is 0.306 e. The number of ether oxygens (including phenoxy) is 1. The lowest BCUT2D eigenvalue weighted by molar-refractivity contribution is -0.147. The summed E-state index contributed by atoms with van der Waals surface area (Å²) in [6, 6.07) is 25.0. The molecule has 4 rings (SSSR count). The molecule has 1 aliphatic heterocycles. The van der Waals surface area contributed by atoms with Gasteiger partial charge in [0.15, 0.2) is 0 Å². The molecule has 0 aromatic heterocycles. The second-order valence-corrected chi connectivity index (χ2v) is 7.18. The molecule has 0 saturated carbocycles. The van der Waals surface area contributed by atoms with Gasteiger partial charge in [0, 0.05) is 23.5 Å². The molecule has 0 N–H and O–H groups in total. The average Bonchev–Trinajstić information content (AvgIpc) is 3.03. The molecule has 0 aliphatic carbocycles. The van der Waals surface area contributed by atoms with Crippen LogP contribution in [0.2, 0.25) is 0 Å². The van der Waals surface area contributed by atoms with E-state index in [1.807, 2.05) is 18.2 Å². The lowest BCUT2D eigenvalue weighted by Gasteiger charge is -2.28. The molecule has 3 aromatic carbocycles. The standard InChI is InChI=1S/C21H18O2S/c22-20-12-13-21(23-20,18-8-2-1-3-9-18)15-24-19-11-10-16-6-4-5-7-17(16)14-19/h1-11,14H,12-13,15H2/t21-/m0/s1. The molecule has 24 heavy (non-hydrogen) atoms. The molecule has 3 heteroatoms. The first kappa shape index (κ1) is 15.3. The van der Waals surface area contributed by atoms with Crippen LogP contribution in [0, 0.1) is 0 Å². The number of cyclic esters (lactones) is 1. The molecule has 0 radical (unpaired) electrons. The molecule has 0 spiro atoms. The van der Waals surface area contributed by atoms with E-state index in [4.69, 9.17) is 4.74 Å². The summed E-state index contributed by atoms with van der Waals surface area (Å²) in [6.45, 7) is 0. The summed E-state index contributed by atoms with van der Waals surface area (Å²) in [5.41, 5.74) is 0.582. The van der Waals surface area contributed by atoms with E-state index < -0.39 is 5.60 Å². The largest absolute Gasteiger partial charge is 0.453 e. The van der Waals surface area contributed by atoms with Crippen LogP contribution in [-0.4, -0.2) is 11.7 Å². The van der Waals surface area contributed by atoms with Gasteiger partial charge in [-0.2, -0.15) is 0 Å². The summed E-state index contributed by atoms with van der Waals surface area (Å²) in [4.78, 5) is 13.0. The highest BCUT2D eigenvalue weighted by molar-refractivity contribution is 7.99. The van der Waals surface area contributed by atoms with Gasteiger partial charge >= 0.3 is 5.97 Å². The Labute approximate surface area is 145 Å². The third-order valence-electron chi connectivity index (χ3n) is 4.53. The number of thioether (sulfide) groups is 1. The molecule has 0 amide bonds. The van der Waals surface area contributed by atoms with Gasteiger partial charge in [-0.1, -0.05) is 60.7 Å². The van der Waals surface area contributed by atoms with Crippen LogP contribution in [0.3, 0.4) is 0 Å². The third-order valence-corrected chi connectivity index (χ3v) is 5.73. The van der Waals surface area contributed by atoms with Crippen molar-refractivity contribution in [2.24, 2.45) is 0 Å². The van der Waals surface area contributed by atoms with Crippen molar-refractivity contribution in [1.82, 2.24) is 0 Å². The number of esters is 1. The Morgan fingerprint density at radius 1 is 0.917 bits per heavy atom. The topological polar surface area (TPSA) is 26.3 Å². The quantitative estimate of drug-likeness (QED) is 0.487. The highest BCUT2D eigenvalue weighted by Gasteiger charge is 2.41. The van der Waals surface area contributed by atoms with Crippen LogP contribution >= 0.6 is 11.8 Å². The number of fused-ring (bicyclic) bond motifs is 1. The van der Waals surface area contributed by atoms with Crippen molar-refractivity contribution in [3.63, 3.8) is 0 Å². The van der Waals surface area contributed by atoms with Crippen molar-refractivity contribution in [2.75, 3.05) is 5.75 Å². The predicted octanol–water partition coefficient (Wildman–Crippen LogP) is 5.16. The number of rotatable bonds is 4. The minimum absolute atomic E-state index is 0.0991.